The zero-order valence-electron chi connectivity index (χ0n) is 13.2. The zero-order chi connectivity index (χ0) is 15.0. The Kier molecular flexibility index (Phi) is 7.59. The second-order valence-electron chi connectivity index (χ2n) is 5.83. The average Bonchev–Trinajstić information content (AvgIpc) is 2.43. The van der Waals surface area contributed by atoms with E-state index in [1.807, 2.05) is 19.0 Å². The van der Waals surface area contributed by atoms with E-state index in [9.17, 15) is 9.59 Å². The number of nitrogens with zero attached hydrogens (tertiary/aromatic N) is 2. The molecule has 0 saturated carbocycles. The molecule has 0 aliphatic carbocycles. The van der Waals surface area contributed by atoms with E-state index in [0.717, 1.165) is 38.8 Å². The Morgan fingerprint density at radius 3 is 2.70 bits per heavy atom. The van der Waals surface area contributed by atoms with Gasteiger partial charge in [-0.1, -0.05) is 6.92 Å². The minimum Gasteiger partial charge on any atom is -0.356 e. The molecule has 5 heteroatoms. The molecule has 0 spiro atoms. The lowest BCUT2D eigenvalue weighted by Crippen LogP contribution is -2.45. The lowest BCUT2D eigenvalue weighted by Gasteiger charge is -2.35. The van der Waals surface area contributed by atoms with Gasteiger partial charge >= 0.3 is 0 Å². The van der Waals surface area contributed by atoms with Gasteiger partial charge in [-0.2, -0.15) is 0 Å². The molecule has 0 aromatic rings. The molecule has 1 atom stereocenters. The minimum absolute atomic E-state index is 0.00152. The summed E-state index contributed by atoms with van der Waals surface area (Å²) in [6, 6.07) is 0.331. The quantitative estimate of drug-likeness (QED) is 0.565. The molecule has 1 aliphatic rings. The third-order valence-electron chi connectivity index (χ3n) is 3.83. The predicted octanol–water partition coefficient (Wildman–Crippen LogP) is 1.24. The van der Waals surface area contributed by atoms with Gasteiger partial charge in [0, 0.05) is 19.1 Å². The molecule has 0 aromatic carbocycles. The largest absolute Gasteiger partial charge is 0.356 e. The third-order valence-corrected chi connectivity index (χ3v) is 3.83. The van der Waals surface area contributed by atoms with Crippen molar-refractivity contribution in [3.05, 3.63) is 0 Å². The van der Waals surface area contributed by atoms with Crippen molar-refractivity contribution in [3.63, 3.8) is 0 Å². The van der Waals surface area contributed by atoms with Gasteiger partial charge in [0.05, 0.1) is 0 Å². The summed E-state index contributed by atoms with van der Waals surface area (Å²) in [7, 11) is 4.01. The maximum absolute atomic E-state index is 12.2. The van der Waals surface area contributed by atoms with E-state index in [0.29, 0.717) is 12.6 Å². The monoisotopic (exact) mass is 283 g/mol. The van der Waals surface area contributed by atoms with E-state index in [1.165, 1.54) is 6.42 Å². The zero-order valence-corrected chi connectivity index (χ0v) is 13.2. The normalized spacial score (nSPS) is 19.2. The van der Waals surface area contributed by atoms with Crippen molar-refractivity contribution in [2.45, 2.75) is 51.5 Å². The first kappa shape index (κ1) is 17.0. The average molecular weight is 283 g/mol. The van der Waals surface area contributed by atoms with E-state index in [2.05, 4.69) is 17.1 Å². The van der Waals surface area contributed by atoms with Gasteiger partial charge in [-0.3, -0.25) is 9.59 Å². The van der Waals surface area contributed by atoms with Gasteiger partial charge in [0.25, 0.3) is 0 Å². The molecular formula is C15H29N3O2. The lowest BCUT2D eigenvalue weighted by molar-refractivity contribution is -0.139. The van der Waals surface area contributed by atoms with Crippen molar-refractivity contribution in [3.8, 4) is 0 Å². The van der Waals surface area contributed by atoms with E-state index >= 15 is 0 Å². The van der Waals surface area contributed by atoms with Crippen molar-refractivity contribution in [1.82, 2.24) is 15.1 Å². The second kappa shape index (κ2) is 8.95. The van der Waals surface area contributed by atoms with Gasteiger partial charge in [-0.15, -0.1) is 0 Å². The topological polar surface area (TPSA) is 52.7 Å². The van der Waals surface area contributed by atoms with E-state index < -0.39 is 0 Å². The van der Waals surface area contributed by atoms with Gasteiger partial charge < -0.3 is 15.1 Å². The van der Waals surface area contributed by atoms with Crippen LogP contribution in [0.4, 0.5) is 0 Å². The molecule has 2 amide bonds. The van der Waals surface area contributed by atoms with Crippen molar-refractivity contribution in [2.75, 3.05) is 33.7 Å². The first-order chi connectivity index (χ1) is 9.54. The van der Waals surface area contributed by atoms with Crippen LogP contribution in [0.3, 0.4) is 0 Å². The fraction of sp³-hybridized carbons (Fsp3) is 0.867. The van der Waals surface area contributed by atoms with Crippen LogP contribution >= 0.6 is 0 Å². The summed E-state index contributed by atoms with van der Waals surface area (Å²) >= 11 is 0. The van der Waals surface area contributed by atoms with E-state index in [-0.39, 0.29) is 18.2 Å². The van der Waals surface area contributed by atoms with Crippen LogP contribution in [0.25, 0.3) is 0 Å². The summed E-state index contributed by atoms with van der Waals surface area (Å²) in [4.78, 5) is 27.9. The lowest BCUT2D eigenvalue weighted by atomic mass is 9.99. The highest BCUT2D eigenvalue weighted by Crippen LogP contribution is 2.20. The Hall–Kier alpha value is -1.10. The first-order valence-electron chi connectivity index (χ1n) is 7.75. The Balaban J connectivity index is 2.28. The number of carbonyl (C=O) groups is 2. The number of amides is 2. The fourth-order valence-electron chi connectivity index (χ4n) is 2.68. The van der Waals surface area contributed by atoms with Crippen molar-refractivity contribution in [2.24, 2.45) is 0 Å². The van der Waals surface area contributed by atoms with Crippen molar-refractivity contribution >= 4 is 11.8 Å². The maximum Gasteiger partial charge on any atom is 0.232 e. The fourth-order valence-corrected chi connectivity index (χ4v) is 2.68. The van der Waals surface area contributed by atoms with Gasteiger partial charge in [0.15, 0.2) is 0 Å². The van der Waals surface area contributed by atoms with Crippen LogP contribution in [0.2, 0.25) is 0 Å². The SMILES string of the molecule is CCC1CCCCN1C(=O)CC(=O)NCCCN(C)C. The van der Waals surface area contributed by atoms with Gasteiger partial charge in [0.1, 0.15) is 6.42 Å². The molecule has 1 N–H and O–H groups in total. The first-order valence-corrected chi connectivity index (χ1v) is 7.75. The standard InChI is InChI=1S/C15H29N3O2/c1-4-13-8-5-6-11-18(13)15(20)12-14(19)16-9-7-10-17(2)3/h13H,4-12H2,1-3H3,(H,16,19). The molecule has 116 valence electrons. The molecule has 0 radical (unpaired) electrons. The third kappa shape index (κ3) is 5.90. The molecule has 1 saturated heterocycles. The number of piperidine rings is 1. The molecule has 20 heavy (non-hydrogen) atoms. The Morgan fingerprint density at radius 2 is 2.05 bits per heavy atom. The molecular weight excluding hydrogens is 254 g/mol. The van der Waals surface area contributed by atoms with Gasteiger partial charge in [-0.05, 0) is 52.7 Å². The second-order valence-corrected chi connectivity index (χ2v) is 5.83. The highest BCUT2D eigenvalue weighted by atomic mass is 16.2. The van der Waals surface area contributed by atoms with E-state index in [4.69, 9.17) is 0 Å². The number of rotatable bonds is 7. The van der Waals surface area contributed by atoms with Crippen molar-refractivity contribution in [1.29, 1.82) is 0 Å². The predicted molar refractivity (Wildman–Crippen MR) is 80.4 cm³/mol. The Bertz CT molecular complexity index is 318. The molecule has 1 fully saturated rings. The number of carbonyl (C=O) groups excluding carboxylic acids is 2. The number of nitrogens with one attached hydrogen (secondary N) is 1. The van der Waals surface area contributed by atoms with Crippen LogP contribution in [0, 0.1) is 0 Å². The molecule has 1 aliphatic heterocycles. The molecule has 0 bridgehead atoms. The highest BCUT2D eigenvalue weighted by Gasteiger charge is 2.26. The minimum atomic E-state index is -0.144. The van der Waals surface area contributed by atoms with Crippen LogP contribution in [0.15, 0.2) is 0 Å². The summed E-state index contributed by atoms with van der Waals surface area (Å²) in [5.74, 6) is -0.157. The Labute approximate surface area is 122 Å². The maximum atomic E-state index is 12.2. The summed E-state index contributed by atoms with van der Waals surface area (Å²) in [6.45, 7) is 4.50. The molecule has 5 nitrogen and oxygen atoms in total. The summed E-state index contributed by atoms with van der Waals surface area (Å²) in [6.07, 6.45) is 5.22. The van der Waals surface area contributed by atoms with Gasteiger partial charge in [-0.25, -0.2) is 0 Å². The smallest absolute Gasteiger partial charge is 0.232 e. The summed E-state index contributed by atoms with van der Waals surface area (Å²) < 4.78 is 0. The van der Waals surface area contributed by atoms with Crippen molar-refractivity contribution < 1.29 is 9.59 Å². The molecule has 1 rings (SSSR count). The Morgan fingerprint density at radius 1 is 1.30 bits per heavy atom. The van der Waals surface area contributed by atoms with Crippen LogP contribution in [-0.4, -0.2) is 61.4 Å². The number of likely N-dealkylation sites (tertiary alicyclic amines) is 1. The molecule has 1 unspecified atom stereocenters. The van der Waals surface area contributed by atoms with Crippen LogP contribution < -0.4 is 5.32 Å². The summed E-state index contributed by atoms with van der Waals surface area (Å²) in [5.41, 5.74) is 0. The van der Waals surface area contributed by atoms with Crippen LogP contribution in [0.1, 0.15) is 45.4 Å². The van der Waals surface area contributed by atoms with Crippen LogP contribution in [0.5, 0.6) is 0 Å². The summed E-state index contributed by atoms with van der Waals surface area (Å²) in [5, 5.41) is 2.83. The number of hydrogen-bond acceptors (Lipinski definition) is 3. The van der Waals surface area contributed by atoms with Crippen LogP contribution in [-0.2, 0) is 9.59 Å². The van der Waals surface area contributed by atoms with E-state index in [1.54, 1.807) is 0 Å². The highest BCUT2D eigenvalue weighted by molar-refractivity contribution is 5.97. The molecule has 1 heterocycles. The van der Waals surface area contributed by atoms with Gasteiger partial charge in [0.2, 0.25) is 11.8 Å². The molecule has 0 aromatic heterocycles. The number of hydrogen-bond donors (Lipinski definition) is 1.